The van der Waals surface area contributed by atoms with Crippen LogP contribution in [-0.4, -0.2) is 21.2 Å². The zero-order valence-electron chi connectivity index (χ0n) is 11.2. The predicted molar refractivity (Wildman–Crippen MR) is 73.8 cm³/mol. The van der Waals surface area contributed by atoms with Crippen LogP contribution in [0, 0.1) is 5.92 Å². The molecule has 1 heterocycles. The first-order valence-corrected chi connectivity index (χ1v) is 6.65. The zero-order valence-corrected chi connectivity index (χ0v) is 12.0. The number of hydrogen-bond donors (Lipinski definition) is 1. The molecule has 1 N–H and O–H groups in total. The highest BCUT2D eigenvalue weighted by atomic mass is 35.5. The number of benzene rings is 1. The van der Waals surface area contributed by atoms with Crippen LogP contribution >= 0.6 is 11.6 Å². The molecule has 0 bridgehead atoms. The van der Waals surface area contributed by atoms with E-state index in [1.165, 1.54) is 0 Å². The number of carboxylic acid groups (broad SMARTS) is 1. The second-order valence-electron chi connectivity index (χ2n) is 4.77. The Hall–Kier alpha value is -1.88. The van der Waals surface area contributed by atoms with Crippen molar-refractivity contribution >= 4 is 17.6 Å². The Morgan fingerprint density at radius 2 is 2.00 bits per heavy atom. The maximum atomic E-state index is 10.9. The number of hydrogen-bond acceptors (Lipinski definition) is 4. The normalized spacial score (nSPS) is 13.9. The van der Waals surface area contributed by atoms with Gasteiger partial charge in [-0.05, 0) is 17.7 Å². The van der Waals surface area contributed by atoms with Gasteiger partial charge < -0.3 is 9.63 Å². The molecular formula is C14H15ClN2O3. The molecule has 1 aromatic carbocycles. The maximum absolute atomic E-state index is 10.9. The number of halogens is 1. The van der Waals surface area contributed by atoms with Crippen molar-refractivity contribution < 1.29 is 14.4 Å². The largest absolute Gasteiger partial charge is 0.481 e. The summed E-state index contributed by atoms with van der Waals surface area (Å²) in [5.74, 6) is -0.886. The molecule has 2 aromatic rings. The lowest BCUT2D eigenvalue weighted by Gasteiger charge is -2.10. The second kappa shape index (κ2) is 6.05. The van der Waals surface area contributed by atoms with Gasteiger partial charge in [-0.3, -0.25) is 4.79 Å². The fraction of sp³-hybridized carbons (Fsp3) is 0.357. The standard InChI is InChI=1S/C14H15ClN2O3/c1-8(9(2)14(18)19)13-16-12(17-20-13)7-10-3-5-11(15)6-4-10/h3-6,8-9H,7H2,1-2H3,(H,18,19). The van der Waals surface area contributed by atoms with E-state index < -0.39 is 11.9 Å². The van der Waals surface area contributed by atoms with Crippen molar-refractivity contribution in [2.24, 2.45) is 5.92 Å². The smallest absolute Gasteiger partial charge is 0.307 e. The van der Waals surface area contributed by atoms with Gasteiger partial charge in [0.25, 0.3) is 0 Å². The van der Waals surface area contributed by atoms with Crippen LogP contribution in [0.15, 0.2) is 28.8 Å². The van der Waals surface area contributed by atoms with Crippen LogP contribution in [0.4, 0.5) is 0 Å². The molecule has 2 atom stereocenters. The topological polar surface area (TPSA) is 76.2 Å². The molecule has 6 heteroatoms. The van der Waals surface area contributed by atoms with Crippen molar-refractivity contribution in [3.8, 4) is 0 Å². The quantitative estimate of drug-likeness (QED) is 0.916. The van der Waals surface area contributed by atoms with Gasteiger partial charge in [0.05, 0.1) is 5.92 Å². The van der Waals surface area contributed by atoms with Gasteiger partial charge in [-0.1, -0.05) is 42.7 Å². The van der Waals surface area contributed by atoms with Crippen LogP contribution < -0.4 is 0 Å². The summed E-state index contributed by atoms with van der Waals surface area (Å²) in [7, 11) is 0. The first kappa shape index (κ1) is 14.5. The Morgan fingerprint density at radius 3 is 2.60 bits per heavy atom. The SMILES string of the molecule is CC(C(=O)O)C(C)c1nc(Cc2ccc(Cl)cc2)no1. The lowest BCUT2D eigenvalue weighted by molar-refractivity contribution is -0.141. The summed E-state index contributed by atoms with van der Waals surface area (Å²) in [5.41, 5.74) is 1.01. The average Bonchev–Trinajstić information content (AvgIpc) is 2.88. The summed E-state index contributed by atoms with van der Waals surface area (Å²) in [5, 5.41) is 13.5. The van der Waals surface area contributed by atoms with E-state index in [1.807, 2.05) is 12.1 Å². The van der Waals surface area contributed by atoms with E-state index in [9.17, 15) is 4.79 Å². The lowest BCUT2D eigenvalue weighted by atomic mass is 9.96. The van der Waals surface area contributed by atoms with E-state index in [1.54, 1.807) is 26.0 Å². The molecule has 0 saturated heterocycles. The van der Waals surface area contributed by atoms with Gasteiger partial charge in [0.1, 0.15) is 0 Å². The summed E-state index contributed by atoms with van der Waals surface area (Å²) >= 11 is 5.82. The molecule has 0 aliphatic carbocycles. The Kier molecular flexibility index (Phi) is 4.39. The summed E-state index contributed by atoms with van der Waals surface area (Å²) in [6.45, 7) is 3.38. The van der Waals surface area contributed by atoms with Crippen LogP contribution in [0.25, 0.3) is 0 Å². The lowest BCUT2D eigenvalue weighted by Crippen LogP contribution is -2.16. The molecule has 0 saturated carbocycles. The highest BCUT2D eigenvalue weighted by Crippen LogP contribution is 2.23. The highest BCUT2D eigenvalue weighted by Gasteiger charge is 2.25. The summed E-state index contributed by atoms with van der Waals surface area (Å²) in [6.07, 6.45) is 0.523. The molecule has 0 aliphatic rings. The minimum Gasteiger partial charge on any atom is -0.481 e. The fourth-order valence-corrected chi connectivity index (χ4v) is 1.86. The molecule has 0 fully saturated rings. The number of carboxylic acids is 1. The molecule has 20 heavy (non-hydrogen) atoms. The van der Waals surface area contributed by atoms with Crippen molar-refractivity contribution in [1.29, 1.82) is 0 Å². The molecule has 2 unspecified atom stereocenters. The van der Waals surface area contributed by atoms with Crippen LogP contribution in [0.3, 0.4) is 0 Å². The van der Waals surface area contributed by atoms with Gasteiger partial charge in [0, 0.05) is 17.4 Å². The van der Waals surface area contributed by atoms with Crippen LogP contribution in [-0.2, 0) is 11.2 Å². The van der Waals surface area contributed by atoms with Gasteiger partial charge in [-0.15, -0.1) is 0 Å². The molecule has 0 radical (unpaired) electrons. The van der Waals surface area contributed by atoms with Crippen LogP contribution in [0.2, 0.25) is 5.02 Å². The Morgan fingerprint density at radius 1 is 1.35 bits per heavy atom. The monoisotopic (exact) mass is 294 g/mol. The van der Waals surface area contributed by atoms with Crippen molar-refractivity contribution in [2.75, 3.05) is 0 Å². The molecule has 2 rings (SSSR count). The van der Waals surface area contributed by atoms with Gasteiger partial charge >= 0.3 is 5.97 Å². The maximum Gasteiger partial charge on any atom is 0.307 e. The van der Waals surface area contributed by atoms with Crippen LogP contribution in [0.5, 0.6) is 0 Å². The van der Waals surface area contributed by atoms with E-state index in [0.29, 0.717) is 23.2 Å². The van der Waals surface area contributed by atoms with Crippen LogP contribution in [0.1, 0.15) is 37.0 Å². The highest BCUT2D eigenvalue weighted by molar-refractivity contribution is 6.30. The number of rotatable bonds is 5. The number of aliphatic carboxylic acids is 1. The zero-order chi connectivity index (χ0) is 14.7. The first-order valence-electron chi connectivity index (χ1n) is 6.27. The molecule has 0 spiro atoms. The molecule has 5 nitrogen and oxygen atoms in total. The third kappa shape index (κ3) is 3.36. The molecule has 106 valence electrons. The first-order chi connectivity index (χ1) is 9.47. The Labute approximate surface area is 121 Å². The average molecular weight is 295 g/mol. The third-order valence-corrected chi connectivity index (χ3v) is 3.54. The Bertz CT molecular complexity index is 595. The fourth-order valence-electron chi connectivity index (χ4n) is 1.74. The van der Waals surface area contributed by atoms with E-state index in [4.69, 9.17) is 21.2 Å². The van der Waals surface area contributed by atoms with Crippen molar-refractivity contribution in [2.45, 2.75) is 26.2 Å². The summed E-state index contributed by atoms with van der Waals surface area (Å²) < 4.78 is 5.14. The van der Waals surface area contributed by atoms with E-state index >= 15 is 0 Å². The van der Waals surface area contributed by atoms with E-state index in [2.05, 4.69) is 10.1 Å². The molecular weight excluding hydrogens is 280 g/mol. The molecule has 1 aromatic heterocycles. The van der Waals surface area contributed by atoms with Crippen molar-refractivity contribution in [1.82, 2.24) is 10.1 Å². The minimum atomic E-state index is -0.880. The van der Waals surface area contributed by atoms with Gasteiger partial charge in [0.2, 0.25) is 5.89 Å². The number of carbonyl (C=O) groups is 1. The summed E-state index contributed by atoms with van der Waals surface area (Å²) in [6, 6.07) is 7.38. The third-order valence-electron chi connectivity index (χ3n) is 3.29. The van der Waals surface area contributed by atoms with Gasteiger partial charge in [-0.2, -0.15) is 4.98 Å². The minimum absolute atomic E-state index is 0.320. The van der Waals surface area contributed by atoms with Gasteiger partial charge in [-0.25, -0.2) is 0 Å². The second-order valence-corrected chi connectivity index (χ2v) is 5.20. The van der Waals surface area contributed by atoms with E-state index in [0.717, 1.165) is 5.56 Å². The van der Waals surface area contributed by atoms with E-state index in [-0.39, 0.29) is 5.92 Å². The molecule has 0 aliphatic heterocycles. The number of nitrogens with zero attached hydrogens (tertiary/aromatic N) is 2. The number of aromatic nitrogens is 2. The summed E-state index contributed by atoms with van der Waals surface area (Å²) in [4.78, 5) is 15.2. The van der Waals surface area contributed by atoms with Gasteiger partial charge in [0.15, 0.2) is 5.82 Å². The Balaban J connectivity index is 2.09. The van der Waals surface area contributed by atoms with Crippen molar-refractivity contribution in [3.63, 3.8) is 0 Å². The van der Waals surface area contributed by atoms with Crippen molar-refractivity contribution in [3.05, 3.63) is 46.6 Å². The molecule has 0 amide bonds. The predicted octanol–water partition coefficient (Wildman–Crippen LogP) is 3.14.